The smallest absolute Gasteiger partial charge is 0.306 e. The third-order valence-electron chi connectivity index (χ3n) is 11.3. The zero-order valence-electron chi connectivity index (χ0n) is 40.9. The van der Waals surface area contributed by atoms with Crippen molar-refractivity contribution in [2.24, 2.45) is 0 Å². The Hall–Kier alpha value is -2.89. The number of hydrogen-bond donors (Lipinski definition) is 0. The van der Waals surface area contributed by atoms with Gasteiger partial charge in [0.1, 0.15) is 13.2 Å². The molecule has 0 aromatic heterocycles. The van der Waals surface area contributed by atoms with Crippen LogP contribution in [0.1, 0.15) is 258 Å². The van der Waals surface area contributed by atoms with Gasteiger partial charge in [-0.3, -0.25) is 14.4 Å². The Balaban J connectivity index is 4.54. The molecule has 1 atom stereocenters. The van der Waals surface area contributed by atoms with E-state index < -0.39 is 12.1 Å². The number of hydrogen-bond acceptors (Lipinski definition) is 6. The van der Waals surface area contributed by atoms with Crippen molar-refractivity contribution in [3.05, 3.63) is 60.8 Å². The highest BCUT2D eigenvalue weighted by molar-refractivity contribution is 5.71. The van der Waals surface area contributed by atoms with E-state index in [-0.39, 0.29) is 44.4 Å². The summed E-state index contributed by atoms with van der Waals surface area (Å²) in [5.41, 5.74) is 0. The first kappa shape index (κ1) is 59.1. The molecule has 0 aliphatic heterocycles. The number of allylic oxidation sites excluding steroid dienone is 10. The summed E-state index contributed by atoms with van der Waals surface area (Å²) in [7, 11) is 0. The van der Waals surface area contributed by atoms with E-state index >= 15 is 0 Å². The number of carbonyl (C=O) groups is 3. The standard InChI is InChI=1S/C56H98O6/c1-4-7-10-13-16-19-22-25-28-31-34-37-40-43-46-49-55(58)61-52-53(51-60-54(57)48-45-42-39-36-33-30-27-24-21-18-15-12-9-6-3)62-56(59)50-47-44-41-38-35-32-29-26-23-20-17-14-11-8-5-2/h31-32,34-35,39-44,53H,4-30,33,36-38,45-52H2,1-3H3/b34-31-,35-32-,42-39-,43-40-,44-41-. The minimum absolute atomic E-state index is 0.134. The molecule has 0 bridgehead atoms. The summed E-state index contributed by atoms with van der Waals surface area (Å²) in [5.74, 6) is -1.11. The van der Waals surface area contributed by atoms with Crippen molar-refractivity contribution < 1.29 is 28.6 Å². The Bertz CT molecular complexity index is 1130. The average Bonchev–Trinajstić information content (AvgIpc) is 3.27. The average molecular weight is 867 g/mol. The van der Waals surface area contributed by atoms with E-state index in [1.165, 1.54) is 167 Å². The predicted molar refractivity (Wildman–Crippen MR) is 265 cm³/mol. The third-order valence-corrected chi connectivity index (χ3v) is 11.3. The van der Waals surface area contributed by atoms with Crippen LogP contribution in [0.15, 0.2) is 60.8 Å². The van der Waals surface area contributed by atoms with Gasteiger partial charge in [-0.05, 0) is 70.6 Å². The third kappa shape index (κ3) is 48.1. The summed E-state index contributed by atoms with van der Waals surface area (Å²) in [6.07, 6.45) is 62.4. The van der Waals surface area contributed by atoms with Gasteiger partial charge in [0.2, 0.25) is 0 Å². The Labute approximate surface area is 383 Å². The molecule has 0 fully saturated rings. The minimum atomic E-state index is -0.840. The van der Waals surface area contributed by atoms with Gasteiger partial charge in [0, 0.05) is 19.3 Å². The second-order valence-corrected chi connectivity index (χ2v) is 17.4. The normalized spacial score (nSPS) is 12.5. The fourth-order valence-corrected chi connectivity index (χ4v) is 7.27. The van der Waals surface area contributed by atoms with Crippen molar-refractivity contribution in [1.82, 2.24) is 0 Å². The van der Waals surface area contributed by atoms with Crippen LogP contribution in [-0.2, 0) is 28.6 Å². The van der Waals surface area contributed by atoms with E-state index in [2.05, 4.69) is 69.4 Å². The maximum atomic E-state index is 12.7. The largest absolute Gasteiger partial charge is 0.462 e. The Morgan fingerprint density at radius 2 is 0.581 bits per heavy atom. The van der Waals surface area contributed by atoms with Crippen molar-refractivity contribution in [2.75, 3.05) is 13.2 Å². The molecule has 0 heterocycles. The van der Waals surface area contributed by atoms with Crippen molar-refractivity contribution >= 4 is 17.9 Å². The number of rotatable bonds is 47. The molecule has 0 saturated carbocycles. The summed E-state index contributed by atoms with van der Waals surface area (Å²) in [6, 6.07) is 0. The van der Waals surface area contributed by atoms with Crippen molar-refractivity contribution in [3.8, 4) is 0 Å². The fraction of sp³-hybridized carbons (Fsp3) is 0.768. The first-order valence-corrected chi connectivity index (χ1v) is 26.3. The van der Waals surface area contributed by atoms with Crippen LogP contribution in [0, 0.1) is 0 Å². The first-order valence-electron chi connectivity index (χ1n) is 26.3. The van der Waals surface area contributed by atoms with Crippen LogP contribution in [0.4, 0.5) is 0 Å². The summed E-state index contributed by atoms with van der Waals surface area (Å²) in [4.78, 5) is 37.9. The zero-order chi connectivity index (χ0) is 45.1. The molecule has 1 unspecified atom stereocenters. The molecule has 0 radical (unpaired) electrons. The van der Waals surface area contributed by atoms with Crippen LogP contribution < -0.4 is 0 Å². The summed E-state index contributed by atoms with van der Waals surface area (Å²) in [6.45, 7) is 6.51. The van der Waals surface area contributed by atoms with Gasteiger partial charge < -0.3 is 14.2 Å². The summed E-state index contributed by atoms with van der Waals surface area (Å²) in [5, 5.41) is 0. The molecular weight excluding hydrogens is 769 g/mol. The molecular formula is C56H98O6. The van der Waals surface area contributed by atoms with E-state index in [9.17, 15) is 14.4 Å². The van der Waals surface area contributed by atoms with Gasteiger partial charge in [-0.2, -0.15) is 0 Å². The quantitative estimate of drug-likeness (QED) is 0.0262. The molecule has 0 aromatic rings. The molecule has 6 heteroatoms. The second kappa shape index (κ2) is 50.8. The van der Waals surface area contributed by atoms with Gasteiger partial charge in [0.25, 0.3) is 0 Å². The lowest BCUT2D eigenvalue weighted by Gasteiger charge is -2.18. The van der Waals surface area contributed by atoms with E-state index in [1.54, 1.807) is 0 Å². The van der Waals surface area contributed by atoms with Crippen LogP contribution in [0.3, 0.4) is 0 Å². The number of carbonyl (C=O) groups excluding carboxylic acids is 3. The number of unbranched alkanes of at least 4 members (excludes halogenated alkanes) is 26. The monoisotopic (exact) mass is 867 g/mol. The maximum absolute atomic E-state index is 12.7. The van der Waals surface area contributed by atoms with Gasteiger partial charge in [-0.1, -0.05) is 229 Å². The molecule has 0 saturated heterocycles. The Kier molecular flexibility index (Phi) is 48.4. The lowest BCUT2D eigenvalue weighted by Crippen LogP contribution is -2.30. The van der Waals surface area contributed by atoms with Crippen LogP contribution in [0.2, 0.25) is 0 Å². The first-order chi connectivity index (χ1) is 30.5. The van der Waals surface area contributed by atoms with Gasteiger partial charge in [-0.25, -0.2) is 0 Å². The zero-order valence-corrected chi connectivity index (χ0v) is 40.9. The Morgan fingerprint density at radius 3 is 0.919 bits per heavy atom. The Morgan fingerprint density at radius 1 is 0.323 bits per heavy atom. The van der Waals surface area contributed by atoms with Crippen molar-refractivity contribution in [1.29, 1.82) is 0 Å². The van der Waals surface area contributed by atoms with Crippen LogP contribution >= 0.6 is 0 Å². The van der Waals surface area contributed by atoms with Crippen LogP contribution in [0.5, 0.6) is 0 Å². The second-order valence-electron chi connectivity index (χ2n) is 17.4. The lowest BCUT2D eigenvalue weighted by molar-refractivity contribution is -0.166. The molecule has 0 aliphatic carbocycles. The predicted octanol–water partition coefficient (Wildman–Crippen LogP) is 17.3. The highest BCUT2D eigenvalue weighted by Crippen LogP contribution is 2.14. The van der Waals surface area contributed by atoms with Gasteiger partial charge in [0.15, 0.2) is 6.10 Å². The highest BCUT2D eigenvalue weighted by Gasteiger charge is 2.19. The molecule has 0 aliphatic rings. The summed E-state index contributed by atoms with van der Waals surface area (Å²) < 4.78 is 16.6. The number of ether oxygens (including phenoxy) is 3. The van der Waals surface area contributed by atoms with Crippen LogP contribution in [0.25, 0.3) is 0 Å². The molecule has 62 heavy (non-hydrogen) atoms. The maximum Gasteiger partial charge on any atom is 0.306 e. The van der Waals surface area contributed by atoms with Crippen molar-refractivity contribution in [3.63, 3.8) is 0 Å². The van der Waals surface area contributed by atoms with Crippen LogP contribution in [-0.4, -0.2) is 37.2 Å². The number of esters is 3. The van der Waals surface area contributed by atoms with E-state index in [4.69, 9.17) is 14.2 Å². The lowest BCUT2D eigenvalue weighted by atomic mass is 10.1. The van der Waals surface area contributed by atoms with Crippen molar-refractivity contribution in [2.45, 2.75) is 264 Å². The molecule has 0 aromatic carbocycles. The molecule has 0 rings (SSSR count). The van der Waals surface area contributed by atoms with Gasteiger partial charge in [-0.15, -0.1) is 0 Å². The van der Waals surface area contributed by atoms with E-state index in [1.807, 2.05) is 12.2 Å². The van der Waals surface area contributed by atoms with E-state index in [0.717, 1.165) is 32.1 Å². The molecule has 0 amide bonds. The molecule has 6 nitrogen and oxygen atoms in total. The van der Waals surface area contributed by atoms with E-state index in [0.29, 0.717) is 19.3 Å². The summed E-state index contributed by atoms with van der Waals surface area (Å²) >= 11 is 0. The highest BCUT2D eigenvalue weighted by atomic mass is 16.6. The topological polar surface area (TPSA) is 78.9 Å². The molecule has 0 N–H and O–H groups in total. The van der Waals surface area contributed by atoms with Gasteiger partial charge in [0.05, 0.1) is 0 Å². The minimum Gasteiger partial charge on any atom is -0.462 e. The fourth-order valence-electron chi connectivity index (χ4n) is 7.27. The van der Waals surface area contributed by atoms with Gasteiger partial charge >= 0.3 is 17.9 Å². The molecule has 358 valence electrons. The molecule has 0 spiro atoms. The SMILES string of the molecule is CCCCCCCCCC/C=C\C/C=C\CCC(=O)OCC(COC(=O)CC/C=C\CCCCCCCCCCCC)OC(=O)CC/C=C\C/C=C\CCCCCCCCCC.